The number of hydrogen-bond acceptors (Lipinski definition) is 5. The number of fused-ring (bicyclic) bond motifs is 1. The molecule has 9 heteroatoms. The molecule has 0 fully saturated rings. The van der Waals surface area contributed by atoms with Crippen molar-refractivity contribution in [3.63, 3.8) is 0 Å². The molecule has 1 aromatic heterocycles. The Labute approximate surface area is 157 Å². The zero-order valence-electron chi connectivity index (χ0n) is 14.7. The quantitative estimate of drug-likeness (QED) is 0.687. The van der Waals surface area contributed by atoms with Crippen molar-refractivity contribution in [2.45, 2.75) is 6.36 Å². The highest BCUT2D eigenvalue weighted by Crippen LogP contribution is 2.34. The third kappa shape index (κ3) is 3.93. The number of halogens is 3. The summed E-state index contributed by atoms with van der Waals surface area (Å²) >= 11 is 0. The van der Waals surface area contributed by atoms with Crippen LogP contribution in [0.15, 0.2) is 42.5 Å². The number of nitrogens with zero attached hydrogens (tertiary/aromatic N) is 1. The Hall–Kier alpha value is -3.49. The first kappa shape index (κ1) is 19.3. The Balaban J connectivity index is 2.16. The molecule has 3 aromatic rings. The molecular formula is C19H14F3NO5. The second-order valence-corrected chi connectivity index (χ2v) is 5.66. The standard InChI is InChI=1S/C19H14F3NO5/c1-26-16-6-3-10(7-17(16)27-2)15-9-13(18(24)25)12-8-11(28-19(20,21)22)4-5-14(12)23-15/h3-9H,1-2H3,(H,24,25). The maximum atomic E-state index is 12.4. The number of hydrogen-bond donors (Lipinski definition) is 1. The predicted octanol–water partition coefficient (Wildman–Crippen LogP) is 4.52. The van der Waals surface area contributed by atoms with Crippen LogP contribution in [0.25, 0.3) is 22.2 Å². The number of ether oxygens (including phenoxy) is 3. The van der Waals surface area contributed by atoms with Gasteiger partial charge in [0, 0.05) is 10.9 Å². The molecule has 0 atom stereocenters. The van der Waals surface area contributed by atoms with Crippen LogP contribution in [0.1, 0.15) is 10.4 Å². The summed E-state index contributed by atoms with van der Waals surface area (Å²) in [4.78, 5) is 16.0. The molecule has 2 aromatic carbocycles. The number of carboxylic acids is 1. The van der Waals surface area contributed by atoms with E-state index in [-0.39, 0.29) is 16.5 Å². The van der Waals surface area contributed by atoms with E-state index in [9.17, 15) is 23.1 Å². The summed E-state index contributed by atoms with van der Waals surface area (Å²) in [6.07, 6.45) is -4.88. The Morgan fingerprint density at radius 1 is 1.00 bits per heavy atom. The molecule has 1 heterocycles. The van der Waals surface area contributed by atoms with E-state index in [2.05, 4.69) is 9.72 Å². The summed E-state index contributed by atoms with van der Waals surface area (Å²) in [5, 5.41) is 9.55. The molecule has 1 N–H and O–H groups in total. The molecule has 0 aliphatic rings. The second kappa shape index (κ2) is 7.26. The molecule has 28 heavy (non-hydrogen) atoms. The second-order valence-electron chi connectivity index (χ2n) is 5.66. The molecule has 3 rings (SSSR count). The zero-order chi connectivity index (χ0) is 20.5. The summed E-state index contributed by atoms with van der Waals surface area (Å²) < 4.78 is 51.6. The molecule has 0 saturated heterocycles. The molecule has 146 valence electrons. The predicted molar refractivity (Wildman–Crippen MR) is 93.9 cm³/mol. The van der Waals surface area contributed by atoms with Crippen LogP contribution in [0.2, 0.25) is 0 Å². The number of aromatic nitrogens is 1. The number of rotatable bonds is 5. The highest BCUT2D eigenvalue weighted by atomic mass is 19.4. The monoisotopic (exact) mass is 393 g/mol. The SMILES string of the molecule is COc1ccc(-c2cc(C(=O)O)c3cc(OC(F)(F)F)ccc3n2)cc1OC. The van der Waals surface area contributed by atoms with E-state index in [1.165, 1.54) is 26.4 Å². The van der Waals surface area contributed by atoms with Gasteiger partial charge < -0.3 is 19.3 Å². The molecule has 0 bridgehead atoms. The third-order valence-electron chi connectivity index (χ3n) is 3.92. The number of aromatic carboxylic acids is 1. The van der Waals surface area contributed by atoms with Gasteiger partial charge in [-0.25, -0.2) is 9.78 Å². The van der Waals surface area contributed by atoms with Crippen LogP contribution in [0, 0.1) is 0 Å². The van der Waals surface area contributed by atoms with Crippen molar-refractivity contribution in [1.29, 1.82) is 0 Å². The van der Waals surface area contributed by atoms with E-state index < -0.39 is 18.1 Å². The summed E-state index contributed by atoms with van der Waals surface area (Å²) in [6.45, 7) is 0. The fourth-order valence-electron chi connectivity index (χ4n) is 2.72. The molecule has 0 aliphatic carbocycles. The molecule has 0 amide bonds. The van der Waals surface area contributed by atoms with Gasteiger partial charge in [0.1, 0.15) is 5.75 Å². The lowest BCUT2D eigenvalue weighted by molar-refractivity contribution is -0.274. The molecule has 6 nitrogen and oxygen atoms in total. The van der Waals surface area contributed by atoms with E-state index >= 15 is 0 Å². The van der Waals surface area contributed by atoms with Gasteiger partial charge in [0.05, 0.1) is 31.0 Å². The van der Waals surface area contributed by atoms with Crippen LogP contribution in [0.3, 0.4) is 0 Å². The van der Waals surface area contributed by atoms with E-state index in [1.54, 1.807) is 18.2 Å². The first-order chi connectivity index (χ1) is 13.2. The van der Waals surface area contributed by atoms with Crippen molar-refractivity contribution in [2.75, 3.05) is 14.2 Å². The smallest absolute Gasteiger partial charge is 0.493 e. The van der Waals surface area contributed by atoms with Crippen LogP contribution >= 0.6 is 0 Å². The van der Waals surface area contributed by atoms with E-state index in [1.807, 2.05) is 0 Å². The number of methoxy groups -OCH3 is 2. The summed E-state index contributed by atoms with van der Waals surface area (Å²) in [6, 6.07) is 9.56. The van der Waals surface area contributed by atoms with Gasteiger partial charge in [-0.3, -0.25) is 0 Å². The molecule has 0 spiro atoms. The summed E-state index contributed by atoms with van der Waals surface area (Å²) in [5.74, 6) is -0.923. The fraction of sp³-hybridized carbons (Fsp3) is 0.158. The van der Waals surface area contributed by atoms with Crippen molar-refractivity contribution in [1.82, 2.24) is 4.98 Å². The van der Waals surface area contributed by atoms with Crippen molar-refractivity contribution < 1.29 is 37.3 Å². The third-order valence-corrected chi connectivity index (χ3v) is 3.92. The van der Waals surface area contributed by atoms with Crippen molar-refractivity contribution in [2.24, 2.45) is 0 Å². The molecule has 0 aliphatic heterocycles. The van der Waals surface area contributed by atoms with Gasteiger partial charge in [-0.1, -0.05) is 0 Å². The van der Waals surface area contributed by atoms with Crippen LogP contribution in [0.4, 0.5) is 13.2 Å². The lowest BCUT2D eigenvalue weighted by atomic mass is 10.0. The van der Waals surface area contributed by atoms with Gasteiger partial charge in [-0.2, -0.15) is 0 Å². The van der Waals surface area contributed by atoms with Crippen LogP contribution < -0.4 is 14.2 Å². The van der Waals surface area contributed by atoms with Gasteiger partial charge in [-0.05, 0) is 42.5 Å². The summed E-state index contributed by atoms with van der Waals surface area (Å²) in [7, 11) is 2.94. The maximum absolute atomic E-state index is 12.4. The minimum absolute atomic E-state index is 0.0264. The Bertz CT molecular complexity index is 1050. The molecular weight excluding hydrogens is 379 g/mol. The summed E-state index contributed by atoms with van der Waals surface area (Å²) in [5.41, 5.74) is 0.870. The average molecular weight is 393 g/mol. The Kier molecular flexibility index (Phi) is 5.00. The number of alkyl halides is 3. The minimum Gasteiger partial charge on any atom is -0.493 e. The number of benzene rings is 2. The van der Waals surface area contributed by atoms with E-state index in [4.69, 9.17) is 9.47 Å². The Morgan fingerprint density at radius 3 is 2.32 bits per heavy atom. The van der Waals surface area contributed by atoms with Gasteiger partial charge >= 0.3 is 12.3 Å². The first-order valence-electron chi connectivity index (χ1n) is 7.88. The van der Waals surface area contributed by atoms with Crippen molar-refractivity contribution in [3.05, 3.63) is 48.0 Å². The van der Waals surface area contributed by atoms with Gasteiger partial charge in [0.25, 0.3) is 0 Å². The van der Waals surface area contributed by atoms with Gasteiger partial charge in [-0.15, -0.1) is 13.2 Å². The highest BCUT2D eigenvalue weighted by Gasteiger charge is 2.31. The number of pyridine rings is 1. The molecule has 0 saturated carbocycles. The maximum Gasteiger partial charge on any atom is 0.573 e. The van der Waals surface area contributed by atoms with Crippen LogP contribution in [-0.2, 0) is 0 Å². The lowest BCUT2D eigenvalue weighted by Gasteiger charge is -2.12. The number of carboxylic acid groups (broad SMARTS) is 1. The van der Waals surface area contributed by atoms with Crippen molar-refractivity contribution >= 4 is 16.9 Å². The van der Waals surface area contributed by atoms with Crippen LogP contribution in [-0.4, -0.2) is 36.6 Å². The minimum atomic E-state index is -4.88. The first-order valence-corrected chi connectivity index (χ1v) is 7.88. The van der Waals surface area contributed by atoms with Gasteiger partial charge in [0.2, 0.25) is 0 Å². The van der Waals surface area contributed by atoms with E-state index in [0.29, 0.717) is 22.8 Å². The van der Waals surface area contributed by atoms with Crippen LogP contribution in [0.5, 0.6) is 17.2 Å². The largest absolute Gasteiger partial charge is 0.573 e. The van der Waals surface area contributed by atoms with Gasteiger partial charge in [0.15, 0.2) is 11.5 Å². The average Bonchev–Trinajstić information content (AvgIpc) is 2.65. The lowest BCUT2D eigenvalue weighted by Crippen LogP contribution is -2.17. The molecule has 0 unspecified atom stereocenters. The zero-order valence-corrected chi connectivity index (χ0v) is 14.7. The normalized spacial score (nSPS) is 11.3. The van der Waals surface area contributed by atoms with E-state index in [0.717, 1.165) is 12.1 Å². The Morgan fingerprint density at radius 2 is 1.71 bits per heavy atom. The fourth-order valence-corrected chi connectivity index (χ4v) is 2.72. The highest BCUT2D eigenvalue weighted by molar-refractivity contribution is 6.04. The topological polar surface area (TPSA) is 77.9 Å². The number of carbonyl (C=O) groups is 1. The molecule has 0 radical (unpaired) electrons. The van der Waals surface area contributed by atoms with Crippen molar-refractivity contribution in [3.8, 4) is 28.5 Å².